The minimum absolute atomic E-state index is 0.240. The van der Waals surface area contributed by atoms with Crippen LogP contribution >= 0.6 is 0 Å². The zero-order chi connectivity index (χ0) is 6.41. The van der Waals surface area contributed by atoms with Crippen LogP contribution in [0.5, 0.6) is 0 Å². The number of allylic oxidation sites excluding steroid dienone is 2. The van der Waals surface area contributed by atoms with Gasteiger partial charge in [-0.25, -0.2) is 0 Å². The summed E-state index contributed by atoms with van der Waals surface area (Å²) >= 11 is -1.87. The zero-order valence-corrected chi connectivity index (χ0v) is 5.61. The summed E-state index contributed by atoms with van der Waals surface area (Å²) in [5, 5.41) is 0. The minimum atomic E-state index is -1.87. The Morgan fingerprint density at radius 3 is 2.75 bits per heavy atom. The molecule has 0 saturated heterocycles. The fourth-order valence-corrected chi connectivity index (χ4v) is 0.659. The van der Waals surface area contributed by atoms with Crippen LogP contribution in [0, 0.1) is 0 Å². The van der Waals surface area contributed by atoms with Crippen molar-refractivity contribution in [3.63, 3.8) is 0 Å². The Morgan fingerprint density at radius 1 is 1.75 bits per heavy atom. The molecule has 2 nitrogen and oxygen atoms in total. The first-order valence-corrected chi connectivity index (χ1v) is 3.68. The molecule has 0 aliphatic heterocycles. The molecule has 0 rings (SSSR count). The van der Waals surface area contributed by atoms with Crippen molar-refractivity contribution in [2.75, 3.05) is 5.75 Å². The fourth-order valence-electron chi connectivity index (χ4n) is 0.331. The molecule has 0 bridgehead atoms. The van der Waals surface area contributed by atoms with Crippen LogP contribution in [0.2, 0.25) is 0 Å². The molecule has 8 heavy (non-hydrogen) atoms. The van der Waals surface area contributed by atoms with Crippen LogP contribution in [0.15, 0.2) is 12.2 Å². The highest BCUT2D eigenvalue weighted by Gasteiger charge is 1.77. The normalized spacial score (nSPS) is 14.8. The highest BCUT2D eigenvalue weighted by atomic mass is 32.2. The average Bonchev–Trinajstić information content (AvgIpc) is 1.66. The quantitative estimate of drug-likeness (QED) is 0.422. The van der Waals surface area contributed by atoms with Gasteiger partial charge in [0.1, 0.15) is 0 Å². The molecule has 0 aliphatic carbocycles. The summed E-state index contributed by atoms with van der Waals surface area (Å²) in [5.41, 5.74) is 0. The van der Waals surface area contributed by atoms with Gasteiger partial charge in [0.25, 0.3) is 0 Å². The maximum absolute atomic E-state index is 9.84. The molecule has 0 aromatic heterocycles. The molecule has 0 radical (unpaired) electrons. The van der Waals surface area contributed by atoms with E-state index in [1.54, 1.807) is 0 Å². The van der Waals surface area contributed by atoms with E-state index in [2.05, 4.69) is 0 Å². The Labute approximate surface area is 51.9 Å². The van der Waals surface area contributed by atoms with E-state index in [1.807, 2.05) is 19.1 Å². The molecule has 0 spiro atoms. The smallest absolute Gasteiger partial charge is 0.0136 e. The molecule has 3 heteroatoms. The van der Waals surface area contributed by atoms with Gasteiger partial charge in [0, 0.05) is 5.75 Å². The third-order valence-electron chi connectivity index (χ3n) is 0.687. The predicted octanol–water partition coefficient (Wildman–Crippen LogP) is 0.832. The molecular weight excluding hydrogens is 124 g/mol. The maximum Gasteiger partial charge on any atom is 0.0136 e. The predicted molar refractivity (Wildman–Crippen MR) is 33.2 cm³/mol. The second kappa shape index (κ2) is 5.00. The largest absolute Gasteiger partial charge is 0.772 e. The van der Waals surface area contributed by atoms with E-state index in [-0.39, 0.29) is 5.75 Å². The van der Waals surface area contributed by atoms with Gasteiger partial charge in [-0.3, -0.25) is 4.21 Å². The Morgan fingerprint density at radius 2 is 2.38 bits per heavy atom. The van der Waals surface area contributed by atoms with Crippen LogP contribution in [-0.4, -0.2) is 14.5 Å². The number of rotatable bonds is 3. The molecule has 0 heterocycles. The van der Waals surface area contributed by atoms with Crippen molar-refractivity contribution in [3.8, 4) is 0 Å². The van der Waals surface area contributed by atoms with Gasteiger partial charge in [0.05, 0.1) is 0 Å². The van der Waals surface area contributed by atoms with Crippen LogP contribution in [0.4, 0.5) is 0 Å². The lowest BCUT2D eigenvalue weighted by Crippen LogP contribution is -1.91. The van der Waals surface area contributed by atoms with E-state index in [9.17, 15) is 8.76 Å². The Balaban J connectivity index is 3.05. The summed E-state index contributed by atoms with van der Waals surface area (Å²) in [6, 6.07) is 0. The summed E-state index contributed by atoms with van der Waals surface area (Å²) in [5.74, 6) is 0.240. The monoisotopic (exact) mass is 133 g/mol. The topological polar surface area (TPSA) is 40.1 Å². The summed E-state index contributed by atoms with van der Waals surface area (Å²) in [4.78, 5) is 0. The van der Waals surface area contributed by atoms with Crippen molar-refractivity contribution in [2.24, 2.45) is 0 Å². The van der Waals surface area contributed by atoms with Gasteiger partial charge < -0.3 is 4.55 Å². The molecule has 0 N–H and O–H groups in total. The van der Waals surface area contributed by atoms with Gasteiger partial charge in [0.2, 0.25) is 0 Å². The SMILES string of the molecule is CC=CCCS(=O)[O-]. The third-order valence-corrected chi connectivity index (χ3v) is 1.26. The van der Waals surface area contributed by atoms with Crippen LogP contribution in [-0.2, 0) is 11.1 Å². The third kappa shape index (κ3) is 5.85. The van der Waals surface area contributed by atoms with E-state index in [0.29, 0.717) is 6.42 Å². The summed E-state index contributed by atoms with van der Waals surface area (Å²) in [6.45, 7) is 1.87. The first-order chi connectivity index (χ1) is 3.77. The zero-order valence-electron chi connectivity index (χ0n) is 4.79. The second-order valence-corrected chi connectivity index (χ2v) is 2.38. The van der Waals surface area contributed by atoms with Gasteiger partial charge in [-0.2, -0.15) is 0 Å². The van der Waals surface area contributed by atoms with Gasteiger partial charge in [-0.15, -0.1) is 0 Å². The molecular formula is C5H9O2S-. The van der Waals surface area contributed by atoms with E-state index in [4.69, 9.17) is 0 Å². The molecule has 1 atom stereocenters. The van der Waals surface area contributed by atoms with Crippen LogP contribution in [0.1, 0.15) is 13.3 Å². The summed E-state index contributed by atoms with van der Waals surface area (Å²) in [7, 11) is 0. The molecule has 0 aromatic carbocycles. The van der Waals surface area contributed by atoms with Crippen LogP contribution < -0.4 is 0 Å². The van der Waals surface area contributed by atoms with Gasteiger partial charge in [0.15, 0.2) is 0 Å². The molecule has 0 fully saturated rings. The van der Waals surface area contributed by atoms with E-state index >= 15 is 0 Å². The van der Waals surface area contributed by atoms with Gasteiger partial charge >= 0.3 is 0 Å². The van der Waals surface area contributed by atoms with Crippen LogP contribution in [0.25, 0.3) is 0 Å². The Bertz CT molecular complexity index is 98.6. The van der Waals surface area contributed by atoms with Crippen molar-refractivity contribution in [3.05, 3.63) is 12.2 Å². The lowest BCUT2D eigenvalue weighted by atomic mass is 10.4. The van der Waals surface area contributed by atoms with Gasteiger partial charge in [-0.1, -0.05) is 23.2 Å². The fraction of sp³-hybridized carbons (Fsp3) is 0.600. The van der Waals surface area contributed by atoms with Crippen molar-refractivity contribution < 1.29 is 8.76 Å². The molecule has 1 unspecified atom stereocenters. The average molecular weight is 133 g/mol. The summed E-state index contributed by atoms with van der Waals surface area (Å²) in [6.07, 6.45) is 4.30. The van der Waals surface area contributed by atoms with E-state index in [0.717, 1.165) is 0 Å². The second-order valence-electron chi connectivity index (χ2n) is 1.37. The lowest BCUT2D eigenvalue weighted by Gasteiger charge is -1.98. The lowest BCUT2D eigenvalue weighted by molar-refractivity contribution is 0.537. The maximum atomic E-state index is 9.84. The van der Waals surface area contributed by atoms with Crippen molar-refractivity contribution in [1.82, 2.24) is 0 Å². The van der Waals surface area contributed by atoms with E-state index < -0.39 is 11.1 Å². The Hall–Kier alpha value is -0.150. The van der Waals surface area contributed by atoms with Crippen molar-refractivity contribution in [1.29, 1.82) is 0 Å². The van der Waals surface area contributed by atoms with Crippen molar-refractivity contribution >= 4 is 11.1 Å². The standard InChI is InChI=1S/C5H10O2S/c1-2-3-4-5-8(6)7/h2-3H,4-5H2,1H3,(H,6,7)/p-1. The highest BCUT2D eigenvalue weighted by molar-refractivity contribution is 7.79. The summed E-state index contributed by atoms with van der Waals surface area (Å²) < 4.78 is 19.7. The van der Waals surface area contributed by atoms with Crippen LogP contribution in [0.3, 0.4) is 0 Å². The molecule has 0 amide bonds. The van der Waals surface area contributed by atoms with Gasteiger partial charge in [-0.05, 0) is 13.3 Å². The van der Waals surface area contributed by atoms with E-state index in [1.165, 1.54) is 0 Å². The molecule has 0 saturated carbocycles. The first kappa shape index (κ1) is 7.85. The van der Waals surface area contributed by atoms with Crippen molar-refractivity contribution in [2.45, 2.75) is 13.3 Å². The minimum Gasteiger partial charge on any atom is -0.772 e. The number of hydrogen-bond donors (Lipinski definition) is 0. The first-order valence-electron chi connectivity index (χ1n) is 2.44. The molecule has 0 aliphatic rings. The highest BCUT2D eigenvalue weighted by Crippen LogP contribution is 1.83. The molecule has 0 aromatic rings. The number of hydrogen-bond acceptors (Lipinski definition) is 2. The molecule has 48 valence electrons. The Kier molecular flexibility index (Phi) is 4.90.